The minimum atomic E-state index is -5.07. The molecule has 0 saturated carbocycles. The van der Waals surface area contributed by atoms with Crippen molar-refractivity contribution in [3.8, 4) is 5.69 Å². The molecule has 2 aromatic heterocycles. The molecular formula is C23H14F6N2O4S. The van der Waals surface area contributed by atoms with Crippen molar-refractivity contribution in [2.75, 3.05) is 7.11 Å². The van der Waals surface area contributed by atoms with Gasteiger partial charge in [0, 0.05) is 0 Å². The monoisotopic (exact) mass is 528 g/mol. The lowest BCUT2D eigenvalue weighted by molar-refractivity contribution is -0.141. The maximum Gasteiger partial charge on any atom is 0.418 e. The molecule has 4 rings (SSSR count). The van der Waals surface area contributed by atoms with Gasteiger partial charge in [0.2, 0.25) is 5.76 Å². The van der Waals surface area contributed by atoms with Gasteiger partial charge >= 0.3 is 18.3 Å². The molecule has 0 aliphatic carbocycles. The molecule has 4 aromatic rings. The second kappa shape index (κ2) is 9.37. The Bertz CT molecular complexity index is 1510. The fourth-order valence-electron chi connectivity index (χ4n) is 3.36. The number of hydrogen-bond acceptors (Lipinski definition) is 6. The second-order valence-corrected chi connectivity index (χ2v) is 8.27. The van der Waals surface area contributed by atoms with Gasteiger partial charge in [0.15, 0.2) is 5.16 Å². The van der Waals surface area contributed by atoms with Crippen molar-refractivity contribution in [2.45, 2.75) is 23.3 Å². The summed E-state index contributed by atoms with van der Waals surface area (Å²) in [5, 5.41) is -0.391. The van der Waals surface area contributed by atoms with Crippen LogP contribution in [-0.4, -0.2) is 22.6 Å². The zero-order valence-electron chi connectivity index (χ0n) is 18.1. The molecule has 36 heavy (non-hydrogen) atoms. The van der Waals surface area contributed by atoms with Crippen molar-refractivity contribution in [1.82, 2.24) is 9.55 Å². The van der Waals surface area contributed by atoms with Crippen molar-refractivity contribution >= 4 is 28.6 Å². The number of esters is 1. The molecule has 2 heterocycles. The molecule has 188 valence electrons. The minimum Gasteiger partial charge on any atom is -0.463 e. The average Bonchev–Trinajstić information content (AvgIpc) is 3.30. The van der Waals surface area contributed by atoms with E-state index >= 15 is 0 Å². The number of para-hydroxylation sites is 1. The Morgan fingerprint density at radius 3 is 2.42 bits per heavy atom. The predicted octanol–water partition coefficient (Wildman–Crippen LogP) is 6.10. The van der Waals surface area contributed by atoms with E-state index in [1.54, 1.807) is 6.07 Å². The second-order valence-electron chi connectivity index (χ2n) is 7.33. The summed E-state index contributed by atoms with van der Waals surface area (Å²) in [5.41, 5.74) is -4.67. The van der Waals surface area contributed by atoms with Gasteiger partial charge in [0.25, 0.3) is 5.56 Å². The number of furan rings is 1. The predicted molar refractivity (Wildman–Crippen MR) is 117 cm³/mol. The lowest BCUT2D eigenvalue weighted by atomic mass is 10.1. The van der Waals surface area contributed by atoms with Gasteiger partial charge in [-0.15, -0.1) is 0 Å². The van der Waals surface area contributed by atoms with Crippen LogP contribution in [0.25, 0.3) is 16.6 Å². The highest BCUT2D eigenvalue weighted by Crippen LogP contribution is 2.39. The molecule has 0 fully saturated rings. The lowest BCUT2D eigenvalue weighted by Crippen LogP contribution is -2.25. The van der Waals surface area contributed by atoms with Gasteiger partial charge in [0.1, 0.15) is 5.76 Å². The summed E-state index contributed by atoms with van der Waals surface area (Å²) in [6, 6.07) is 9.35. The summed E-state index contributed by atoms with van der Waals surface area (Å²) >= 11 is 0.747. The maximum absolute atomic E-state index is 13.8. The average molecular weight is 528 g/mol. The molecule has 0 bridgehead atoms. The van der Waals surface area contributed by atoms with Crippen LogP contribution in [0, 0.1) is 0 Å². The molecule has 0 N–H and O–H groups in total. The van der Waals surface area contributed by atoms with E-state index in [-0.39, 0.29) is 45.5 Å². The van der Waals surface area contributed by atoms with Crippen LogP contribution in [0.5, 0.6) is 0 Å². The summed E-state index contributed by atoms with van der Waals surface area (Å²) < 4.78 is 92.0. The number of carbonyl (C=O) groups is 1. The molecule has 0 unspecified atom stereocenters. The third-order valence-electron chi connectivity index (χ3n) is 5.01. The molecule has 0 amide bonds. The number of alkyl halides is 6. The number of halogens is 6. The van der Waals surface area contributed by atoms with Crippen LogP contribution in [0.1, 0.15) is 27.4 Å². The summed E-state index contributed by atoms with van der Waals surface area (Å²) in [6.07, 6.45) is -10.0. The number of rotatable bonds is 5. The summed E-state index contributed by atoms with van der Waals surface area (Å²) in [4.78, 5) is 29.2. The molecule has 2 aromatic carbocycles. The molecule has 0 aliphatic rings. The Labute approximate surface area is 202 Å². The number of aromatic nitrogens is 2. The third kappa shape index (κ3) is 4.96. The summed E-state index contributed by atoms with van der Waals surface area (Å²) in [6.45, 7) is 0. The van der Waals surface area contributed by atoms with E-state index in [2.05, 4.69) is 9.72 Å². The van der Waals surface area contributed by atoms with E-state index in [4.69, 9.17) is 4.42 Å². The van der Waals surface area contributed by atoms with E-state index in [1.807, 2.05) is 0 Å². The molecule has 0 aliphatic heterocycles. The Morgan fingerprint density at radius 2 is 1.75 bits per heavy atom. The Kier molecular flexibility index (Phi) is 6.60. The topological polar surface area (TPSA) is 74.3 Å². The van der Waals surface area contributed by atoms with Crippen LogP contribution < -0.4 is 5.56 Å². The van der Waals surface area contributed by atoms with E-state index in [1.165, 1.54) is 30.3 Å². The smallest absolute Gasteiger partial charge is 0.418 e. The molecule has 0 atom stereocenters. The fraction of sp³-hybridized carbons (Fsp3) is 0.174. The van der Waals surface area contributed by atoms with Gasteiger partial charge in [-0.25, -0.2) is 9.78 Å². The fourth-order valence-corrected chi connectivity index (χ4v) is 4.26. The van der Waals surface area contributed by atoms with E-state index < -0.39 is 40.7 Å². The van der Waals surface area contributed by atoms with E-state index in [0.717, 1.165) is 18.9 Å². The SMILES string of the molecule is COC(=O)c1ccc(CSc2nc3ccccc3c(=O)n2-c2cc(C(F)(F)F)ccc2C(F)(F)F)o1. The number of benzene rings is 2. The first-order valence-corrected chi connectivity index (χ1v) is 11.0. The van der Waals surface area contributed by atoms with Crippen LogP contribution in [0.2, 0.25) is 0 Å². The van der Waals surface area contributed by atoms with E-state index in [9.17, 15) is 35.9 Å². The molecule has 0 spiro atoms. The Hall–Kier alpha value is -3.74. The maximum atomic E-state index is 13.8. The quantitative estimate of drug-likeness (QED) is 0.135. The number of fused-ring (bicyclic) bond motifs is 1. The minimum absolute atomic E-state index is 0.0848. The highest BCUT2D eigenvalue weighted by Gasteiger charge is 2.38. The van der Waals surface area contributed by atoms with Gasteiger partial charge < -0.3 is 9.15 Å². The number of carbonyl (C=O) groups excluding carboxylic acids is 1. The standard InChI is InChI=1S/C23H14F6N2O4S/c1-34-20(33)18-9-7-13(35-18)11-36-21-30-16-5-3-2-4-14(16)19(32)31(21)17-10-12(22(24,25)26)6-8-15(17)23(27,28)29/h2-10H,11H2,1H3. The summed E-state index contributed by atoms with van der Waals surface area (Å²) in [7, 11) is 1.14. The zero-order chi connectivity index (χ0) is 26.3. The summed E-state index contributed by atoms with van der Waals surface area (Å²) in [5.74, 6) is -0.809. The Morgan fingerprint density at radius 1 is 1.03 bits per heavy atom. The van der Waals surface area contributed by atoms with Gasteiger partial charge in [-0.2, -0.15) is 26.3 Å². The molecule has 0 saturated heterocycles. The molecule has 6 nitrogen and oxygen atoms in total. The third-order valence-corrected chi connectivity index (χ3v) is 5.97. The van der Waals surface area contributed by atoms with Gasteiger partial charge in [-0.1, -0.05) is 23.9 Å². The van der Waals surface area contributed by atoms with Crippen molar-refractivity contribution < 1.29 is 40.3 Å². The normalized spacial score (nSPS) is 12.2. The highest BCUT2D eigenvalue weighted by atomic mass is 32.2. The van der Waals surface area contributed by atoms with Crippen LogP contribution in [0.3, 0.4) is 0 Å². The first-order valence-electron chi connectivity index (χ1n) is 10.0. The van der Waals surface area contributed by atoms with Crippen molar-refractivity contribution in [1.29, 1.82) is 0 Å². The van der Waals surface area contributed by atoms with E-state index in [0.29, 0.717) is 10.6 Å². The van der Waals surface area contributed by atoms with Gasteiger partial charge in [0.05, 0.1) is 40.6 Å². The number of methoxy groups -OCH3 is 1. The number of thioether (sulfide) groups is 1. The molecule has 13 heteroatoms. The molecular weight excluding hydrogens is 514 g/mol. The molecule has 0 radical (unpaired) electrons. The zero-order valence-corrected chi connectivity index (χ0v) is 18.9. The van der Waals surface area contributed by atoms with Crippen LogP contribution in [0.4, 0.5) is 26.3 Å². The number of nitrogens with zero attached hydrogens (tertiary/aromatic N) is 2. The van der Waals surface area contributed by atoms with Crippen LogP contribution >= 0.6 is 11.8 Å². The number of hydrogen-bond donors (Lipinski definition) is 0. The largest absolute Gasteiger partial charge is 0.463 e. The first kappa shape index (κ1) is 25.4. The van der Waals surface area contributed by atoms with Gasteiger partial charge in [-0.3, -0.25) is 9.36 Å². The van der Waals surface area contributed by atoms with Crippen molar-refractivity contribution in [3.63, 3.8) is 0 Å². The van der Waals surface area contributed by atoms with Crippen molar-refractivity contribution in [2.24, 2.45) is 0 Å². The number of ether oxygens (including phenoxy) is 1. The van der Waals surface area contributed by atoms with Crippen LogP contribution in [-0.2, 0) is 22.8 Å². The first-order chi connectivity index (χ1) is 16.9. The van der Waals surface area contributed by atoms with Gasteiger partial charge in [-0.05, 0) is 42.5 Å². The lowest BCUT2D eigenvalue weighted by Gasteiger charge is -2.19. The van der Waals surface area contributed by atoms with Crippen LogP contribution in [0.15, 0.2) is 69.0 Å². The highest BCUT2D eigenvalue weighted by molar-refractivity contribution is 7.98. The Balaban J connectivity index is 1.91. The van der Waals surface area contributed by atoms with Crippen molar-refractivity contribution in [3.05, 3.63) is 87.6 Å².